The first-order valence-corrected chi connectivity index (χ1v) is 8.38. The number of ether oxygens (including phenoxy) is 1. The van der Waals surface area contributed by atoms with E-state index in [1.807, 2.05) is 4.90 Å². The molecule has 25 heavy (non-hydrogen) atoms. The van der Waals surface area contributed by atoms with Crippen LogP contribution in [0.1, 0.15) is 18.4 Å². The zero-order valence-corrected chi connectivity index (χ0v) is 15.0. The van der Waals surface area contributed by atoms with E-state index in [9.17, 15) is 14.0 Å². The summed E-state index contributed by atoms with van der Waals surface area (Å²) in [6.45, 7) is 1.17. The van der Waals surface area contributed by atoms with E-state index < -0.39 is 5.54 Å². The Morgan fingerprint density at radius 1 is 1.40 bits per heavy atom. The average molecular weight is 351 g/mol. The third-order valence-electron chi connectivity index (χ3n) is 4.77. The normalized spacial score (nSPS) is 20.5. The molecule has 138 valence electrons. The van der Waals surface area contributed by atoms with E-state index in [0.717, 1.165) is 6.42 Å². The molecule has 0 radical (unpaired) electrons. The molecule has 0 aromatic heterocycles. The summed E-state index contributed by atoms with van der Waals surface area (Å²) in [6, 6.07) is 6.40. The van der Waals surface area contributed by atoms with Crippen molar-refractivity contribution < 1.29 is 18.7 Å². The Bertz CT molecular complexity index is 625. The zero-order valence-electron chi connectivity index (χ0n) is 15.0. The van der Waals surface area contributed by atoms with E-state index in [2.05, 4.69) is 5.32 Å². The Balaban J connectivity index is 2.07. The lowest BCUT2D eigenvalue weighted by molar-refractivity contribution is -0.140. The van der Waals surface area contributed by atoms with Crippen molar-refractivity contribution in [2.75, 3.05) is 40.9 Å². The number of nitrogens with zero attached hydrogens (tertiary/aromatic N) is 2. The van der Waals surface area contributed by atoms with Crippen LogP contribution in [0.2, 0.25) is 0 Å². The van der Waals surface area contributed by atoms with Gasteiger partial charge in [0.05, 0.1) is 13.2 Å². The number of likely N-dealkylation sites (tertiary alicyclic amines) is 1. The number of nitrogens with one attached hydrogen (secondary N) is 1. The molecule has 2 amide bonds. The van der Waals surface area contributed by atoms with Crippen LogP contribution in [-0.4, -0.2) is 68.1 Å². The van der Waals surface area contributed by atoms with E-state index in [1.54, 1.807) is 39.4 Å². The van der Waals surface area contributed by atoms with Crippen LogP contribution in [0, 0.1) is 5.82 Å². The molecule has 1 heterocycles. The van der Waals surface area contributed by atoms with E-state index in [1.165, 1.54) is 11.0 Å². The second kappa shape index (κ2) is 8.40. The second-order valence-corrected chi connectivity index (χ2v) is 6.41. The van der Waals surface area contributed by atoms with Crippen LogP contribution >= 0.6 is 0 Å². The summed E-state index contributed by atoms with van der Waals surface area (Å²) in [6.07, 6.45) is 1.46. The van der Waals surface area contributed by atoms with Crippen molar-refractivity contribution in [3.05, 3.63) is 35.6 Å². The monoisotopic (exact) mass is 351 g/mol. The number of amides is 2. The minimum Gasteiger partial charge on any atom is -0.382 e. The number of methoxy groups -OCH3 is 1. The number of benzene rings is 1. The molecule has 2 rings (SSSR count). The lowest BCUT2D eigenvalue weighted by atomic mass is 9.95. The molecule has 1 aromatic rings. The van der Waals surface area contributed by atoms with Gasteiger partial charge in [-0.1, -0.05) is 18.2 Å². The van der Waals surface area contributed by atoms with Gasteiger partial charge in [0, 0.05) is 33.3 Å². The molecule has 1 aliphatic heterocycles. The van der Waals surface area contributed by atoms with Crippen molar-refractivity contribution in [1.29, 1.82) is 0 Å². The Morgan fingerprint density at radius 2 is 2.12 bits per heavy atom. The van der Waals surface area contributed by atoms with E-state index >= 15 is 0 Å². The van der Waals surface area contributed by atoms with Gasteiger partial charge in [-0.05, 0) is 25.5 Å². The Morgan fingerprint density at radius 3 is 2.76 bits per heavy atom. The Hall–Kier alpha value is -1.99. The lowest BCUT2D eigenvalue weighted by Crippen LogP contribution is -2.59. The SMILES string of the molecule is CNC(=O)C1(COC)CCCN1CC(=O)N(C)Cc1ccccc1F. The number of halogens is 1. The summed E-state index contributed by atoms with van der Waals surface area (Å²) >= 11 is 0. The zero-order chi connectivity index (χ0) is 18.4. The maximum atomic E-state index is 13.8. The predicted molar refractivity (Wildman–Crippen MR) is 92.4 cm³/mol. The molecule has 1 saturated heterocycles. The Kier molecular flexibility index (Phi) is 6.50. The number of carbonyl (C=O) groups is 2. The lowest BCUT2D eigenvalue weighted by Gasteiger charge is -2.36. The standard InChI is InChI=1S/C18H26FN3O3/c1-20-17(24)18(13-25-3)9-6-10-22(18)12-16(23)21(2)11-14-7-4-5-8-15(14)19/h4-5,7-8H,6,9-13H2,1-3H3,(H,20,24). The predicted octanol–water partition coefficient (Wildman–Crippen LogP) is 1.01. The molecule has 1 unspecified atom stereocenters. The third kappa shape index (κ3) is 4.16. The van der Waals surface area contributed by atoms with Gasteiger partial charge in [0.2, 0.25) is 11.8 Å². The highest BCUT2D eigenvalue weighted by molar-refractivity contribution is 5.88. The van der Waals surface area contributed by atoms with Crippen molar-refractivity contribution in [2.45, 2.75) is 24.9 Å². The van der Waals surface area contributed by atoms with Gasteiger partial charge >= 0.3 is 0 Å². The van der Waals surface area contributed by atoms with Crippen LogP contribution in [0.15, 0.2) is 24.3 Å². The van der Waals surface area contributed by atoms with Gasteiger partial charge in [0.1, 0.15) is 11.4 Å². The third-order valence-corrected chi connectivity index (χ3v) is 4.77. The van der Waals surface area contributed by atoms with Crippen LogP contribution < -0.4 is 5.32 Å². The van der Waals surface area contributed by atoms with Crippen LogP contribution in [0.5, 0.6) is 0 Å². The first-order valence-electron chi connectivity index (χ1n) is 8.38. The van der Waals surface area contributed by atoms with Crippen LogP contribution in [0.25, 0.3) is 0 Å². The fourth-order valence-electron chi connectivity index (χ4n) is 3.38. The smallest absolute Gasteiger partial charge is 0.242 e. The molecule has 0 aliphatic carbocycles. The molecule has 0 bridgehead atoms. The number of hydrogen-bond donors (Lipinski definition) is 1. The molecule has 0 spiro atoms. The fraction of sp³-hybridized carbons (Fsp3) is 0.556. The van der Waals surface area contributed by atoms with Crippen molar-refractivity contribution in [1.82, 2.24) is 15.1 Å². The fourth-order valence-corrected chi connectivity index (χ4v) is 3.38. The van der Waals surface area contributed by atoms with Crippen LogP contribution in [0.4, 0.5) is 4.39 Å². The van der Waals surface area contributed by atoms with Gasteiger partial charge in [-0.3, -0.25) is 14.5 Å². The molecule has 1 fully saturated rings. The number of hydrogen-bond acceptors (Lipinski definition) is 4. The molecule has 1 aliphatic rings. The molecule has 7 heteroatoms. The summed E-state index contributed by atoms with van der Waals surface area (Å²) in [7, 11) is 4.78. The maximum absolute atomic E-state index is 13.8. The summed E-state index contributed by atoms with van der Waals surface area (Å²) in [4.78, 5) is 28.4. The number of carbonyl (C=O) groups excluding carboxylic acids is 2. The molecule has 0 saturated carbocycles. The van der Waals surface area contributed by atoms with Crippen molar-refractivity contribution in [2.24, 2.45) is 0 Å². The second-order valence-electron chi connectivity index (χ2n) is 6.41. The van der Waals surface area contributed by atoms with Crippen molar-refractivity contribution in [3.63, 3.8) is 0 Å². The highest BCUT2D eigenvalue weighted by Crippen LogP contribution is 2.30. The van der Waals surface area contributed by atoms with Gasteiger partial charge in [-0.2, -0.15) is 0 Å². The minimum absolute atomic E-state index is 0.0989. The van der Waals surface area contributed by atoms with Gasteiger partial charge in [-0.15, -0.1) is 0 Å². The summed E-state index contributed by atoms with van der Waals surface area (Å²) in [5.74, 6) is -0.631. The summed E-state index contributed by atoms with van der Waals surface area (Å²) in [5.41, 5.74) is -0.355. The highest BCUT2D eigenvalue weighted by atomic mass is 19.1. The van der Waals surface area contributed by atoms with E-state index in [4.69, 9.17) is 4.74 Å². The number of rotatable bonds is 7. The minimum atomic E-state index is -0.821. The highest BCUT2D eigenvalue weighted by Gasteiger charge is 2.47. The van der Waals surface area contributed by atoms with E-state index in [-0.39, 0.29) is 37.3 Å². The molecule has 1 aromatic carbocycles. The van der Waals surface area contributed by atoms with Crippen LogP contribution in [0.3, 0.4) is 0 Å². The molecule has 1 atom stereocenters. The first-order chi connectivity index (χ1) is 11.9. The van der Waals surface area contributed by atoms with Gasteiger partial charge < -0.3 is 15.0 Å². The Labute approximate surface area is 147 Å². The van der Waals surface area contributed by atoms with Crippen molar-refractivity contribution in [3.8, 4) is 0 Å². The molecule has 6 nitrogen and oxygen atoms in total. The molecule has 1 N–H and O–H groups in total. The summed E-state index contributed by atoms with van der Waals surface area (Å²) in [5, 5.41) is 2.68. The first kappa shape index (κ1) is 19.3. The number of likely N-dealkylation sites (N-methyl/N-ethyl adjacent to an activating group) is 2. The van der Waals surface area contributed by atoms with E-state index in [0.29, 0.717) is 18.5 Å². The quantitative estimate of drug-likeness (QED) is 0.797. The summed E-state index contributed by atoms with van der Waals surface area (Å²) < 4.78 is 19.0. The molecular formula is C18H26FN3O3. The van der Waals surface area contributed by atoms with Gasteiger partial charge in [-0.25, -0.2) is 4.39 Å². The topological polar surface area (TPSA) is 61.9 Å². The van der Waals surface area contributed by atoms with Gasteiger partial charge in [0.15, 0.2) is 0 Å². The maximum Gasteiger partial charge on any atom is 0.242 e. The van der Waals surface area contributed by atoms with Crippen molar-refractivity contribution >= 4 is 11.8 Å². The average Bonchev–Trinajstić information content (AvgIpc) is 3.00. The van der Waals surface area contributed by atoms with Gasteiger partial charge in [0.25, 0.3) is 0 Å². The molecular weight excluding hydrogens is 325 g/mol. The van der Waals surface area contributed by atoms with Crippen LogP contribution in [-0.2, 0) is 20.9 Å². The largest absolute Gasteiger partial charge is 0.382 e.